The first kappa shape index (κ1) is 20.3. The van der Waals surface area contributed by atoms with E-state index in [0.29, 0.717) is 36.9 Å². The average molecular weight is 348 g/mol. The number of methoxy groups -OCH3 is 1. The van der Waals surface area contributed by atoms with Crippen molar-refractivity contribution in [3.05, 3.63) is 18.2 Å². The first-order chi connectivity index (χ1) is 12.1. The minimum atomic E-state index is -0.352. The third kappa shape index (κ3) is 8.63. The van der Waals surface area contributed by atoms with Gasteiger partial charge in [-0.05, 0) is 25.1 Å². The van der Waals surface area contributed by atoms with Crippen LogP contribution in [0.25, 0.3) is 0 Å². The molecule has 0 bridgehead atoms. The van der Waals surface area contributed by atoms with Gasteiger partial charge < -0.3 is 24.8 Å². The number of anilines is 2. The van der Waals surface area contributed by atoms with Crippen molar-refractivity contribution in [1.82, 2.24) is 0 Å². The normalized spacial score (nSPS) is 9.56. The summed E-state index contributed by atoms with van der Waals surface area (Å²) in [6.45, 7) is 4.56. The summed E-state index contributed by atoms with van der Waals surface area (Å²) < 4.78 is 15.3. The van der Waals surface area contributed by atoms with Gasteiger partial charge in [0.05, 0.1) is 18.7 Å². The van der Waals surface area contributed by atoms with Crippen molar-refractivity contribution in [2.45, 2.75) is 20.3 Å². The van der Waals surface area contributed by atoms with Crippen LogP contribution >= 0.6 is 0 Å². The molecule has 0 atom stereocenters. The van der Waals surface area contributed by atoms with E-state index in [1.54, 1.807) is 25.3 Å². The lowest BCUT2D eigenvalue weighted by atomic mass is 10.2. The van der Waals surface area contributed by atoms with Gasteiger partial charge in [-0.1, -0.05) is 11.8 Å². The maximum atomic E-state index is 11.6. The molecule has 0 radical (unpaired) electrons. The molecule has 7 heteroatoms. The molecular formula is C18H24N2O5. The molecule has 25 heavy (non-hydrogen) atoms. The Morgan fingerprint density at radius 3 is 2.64 bits per heavy atom. The van der Waals surface area contributed by atoms with Crippen molar-refractivity contribution >= 4 is 23.3 Å². The smallest absolute Gasteiger partial charge is 0.308 e. The van der Waals surface area contributed by atoms with E-state index in [9.17, 15) is 9.59 Å². The molecule has 0 aliphatic heterocycles. The molecule has 0 aliphatic carbocycles. The fourth-order valence-electron chi connectivity index (χ4n) is 1.89. The predicted octanol–water partition coefficient (Wildman–Crippen LogP) is 2.04. The first-order valence-electron chi connectivity index (χ1n) is 7.95. The number of carbonyl (C=O) groups excluding carboxylic acids is 2. The van der Waals surface area contributed by atoms with E-state index in [0.717, 1.165) is 0 Å². The second-order valence-electron chi connectivity index (χ2n) is 4.95. The average Bonchev–Trinajstić information content (AvgIpc) is 2.56. The van der Waals surface area contributed by atoms with Crippen molar-refractivity contribution in [2.24, 2.45) is 0 Å². The molecule has 0 saturated heterocycles. The van der Waals surface area contributed by atoms with Crippen molar-refractivity contribution in [3.8, 4) is 17.6 Å². The molecule has 0 fully saturated rings. The van der Waals surface area contributed by atoms with Gasteiger partial charge in [0.1, 0.15) is 12.4 Å². The second-order valence-corrected chi connectivity index (χ2v) is 4.95. The number of carbonyl (C=O) groups is 2. The Hall–Kier alpha value is -2.72. The minimum absolute atomic E-state index is 0.0460. The SMILES string of the molecule is CCOc1ccc(NC(C)=O)cc1NCCC(=O)OCC#CCOC. The molecule has 7 nitrogen and oxygen atoms in total. The van der Waals surface area contributed by atoms with Crippen LogP contribution in [0, 0.1) is 11.8 Å². The lowest BCUT2D eigenvalue weighted by Gasteiger charge is -2.14. The molecule has 0 unspecified atom stereocenters. The summed E-state index contributed by atoms with van der Waals surface area (Å²) in [5, 5.41) is 5.83. The zero-order valence-corrected chi connectivity index (χ0v) is 14.8. The van der Waals surface area contributed by atoms with Crippen LogP contribution in [0.4, 0.5) is 11.4 Å². The monoisotopic (exact) mass is 348 g/mol. The maximum absolute atomic E-state index is 11.6. The highest BCUT2D eigenvalue weighted by atomic mass is 16.5. The van der Waals surface area contributed by atoms with Crippen LogP contribution in [-0.2, 0) is 19.1 Å². The van der Waals surface area contributed by atoms with Gasteiger partial charge >= 0.3 is 5.97 Å². The van der Waals surface area contributed by atoms with E-state index in [2.05, 4.69) is 22.5 Å². The number of benzene rings is 1. The van der Waals surface area contributed by atoms with Crippen molar-refractivity contribution in [3.63, 3.8) is 0 Å². The highest BCUT2D eigenvalue weighted by molar-refractivity contribution is 5.89. The molecule has 1 aromatic carbocycles. The van der Waals surface area contributed by atoms with Gasteiger partial charge in [-0.25, -0.2) is 0 Å². The van der Waals surface area contributed by atoms with Crippen LogP contribution in [0.5, 0.6) is 5.75 Å². The highest BCUT2D eigenvalue weighted by Gasteiger charge is 2.07. The van der Waals surface area contributed by atoms with Crippen LogP contribution < -0.4 is 15.4 Å². The standard InChI is InChI=1S/C18H24N2O5/c1-4-24-17-8-7-15(20-14(2)21)13-16(17)19-10-9-18(22)25-12-6-5-11-23-3/h7-8,13,19H,4,9-12H2,1-3H3,(H,20,21). The quantitative estimate of drug-likeness (QED) is 0.525. The number of amides is 1. The Labute approximate surface area is 148 Å². The van der Waals surface area contributed by atoms with Gasteiger partial charge in [0.2, 0.25) is 5.91 Å². The van der Waals surface area contributed by atoms with Gasteiger partial charge in [0.15, 0.2) is 6.61 Å². The lowest BCUT2D eigenvalue weighted by molar-refractivity contribution is -0.141. The van der Waals surface area contributed by atoms with Crippen LogP contribution in [0.1, 0.15) is 20.3 Å². The molecule has 0 saturated carbocycles. The molecular weight excluding hydrogens is 324 g/mol. The summed E-state index contributed by atoms with van der Waals surface area (Å²) in [7, 11) is 1.55. The highest BCUT2D eigenvalue weighted by Crippen LogP contribution is 2.28. The van der Waals surface area contributed by atoms with Gasteiger partial charge in [0.25, 0.3) is 0 Å². The fraction of sp³-hybridized carbons (Fsp3) is 0.444. The van der Waals surface area contributed by atoms with Crippen LogP contribution in [0.2, 0.25) is 0 Å². The summed E-state index contributed by atoms with van der Waals surface area (Å²) >= 11 is 0. The molecule has 0 aliphatic rings. The lowest BCUT2D eigenvalue weighted by Crippen LogP contribution is -2.13. The zero-order valence-electron chi connectivity index (χ0n) is 14.8. The number of esters is 1. The Balaban J connectivity index is 2.52. The van der Waals surface area contributed by atoms with E-state index in [1.165, 1.54) is 6.92 Å². The molecule has 1 amide bonds. The Bertz CT molecular complexity index is 634. The summed E-state index contributed by atoms with van der Waals surface area (Å²) in [6, 6.07) is 5.28. The molecule has 1 aromatic rings. The Morgan fingerprint density at radius 1 is 1.20 bits per heavy atom. The fourth-order valence-corrected chi connectivity index (χ4v) is 1.89. The van der Waals surface area contributed by atoms with E-state index in [-0.39, 0.29) is 24.9 Å². The topological polar surface area (TPSA) is 85.9 Å². The number of hydrogen-bond acceptors (Lipinski definition) is 6. The van der Waals surface area contributed by atoms with Gasteiger partial charge in [-0.2, -0.15) is 0 Å². The first-order valence-corrected chi connectivity index (χ1v) is 7.95. The van der Waals surface area contributed by atoms with Crippen LogP contribution in [-0.4, -0.2) is 45.4 Å². The van der Waals surface area contributed by atoms with Gasteiger partial charge in [-0.15, -0.1) is 0 Å². The summed E-state index contributed by atoms with van der Waals surface area (Å²) in [5.41, 5.74) is 1.34. The summed E-state index contributed by atoms with van der Waals surface area (Å²) in [5.74, 6) is 5.52. The van der Waals surface area contributed by atoms with E-state index >= 15 is 0 Å². The number of rotatable bonds is 9. The van der Waals surface area contributed by atoms with Crippen molar-refractivity contribution < 1.29 is 23.8 Å². The predicted molar refractivity (Wildman–Crippen MR) is 95.6 cm³/mol. The van der Waals surface area contributed by atoms with E-state index < -0.39 is 0 Å². The largest absolute Gasteiger partial charge is 0.492 e. The molecule has 1 rings (SSSR count). The molecule has 2 N–H and O–H groups in total. The molecule has 0 heterocycles. The van der Waals surface area contributed by atoms with Gasteiger partial charge in [-0.3, -0.25) is 9.59 Å². The van der Waals surface area contributed by atoms with Gasteiger partial charge in [0, 0.05) is 26.3 Å². The number of hydrogen-bond donors (Lipinski definition) is 2. The zero-order chi connectivity index (χ0) is 18.5. The molecule has 0 aromatic heterocycles. The molecule has 136 valence electrons. The van der Waals surface area contributed by atoms with Crippen LogP contribution in [0.15, 0.2) is 18.2 Å². The molecule has 0 spiro atoms. The Morgan fingerprint density at radius 2 is 1.96 bits per heavy atom. The van der Waals surface area contributed by atoms with E-state index in [1.807, 2.05) is 6.92 Å². The third-order valence-corrected chi connectivity index (χ3v) is 2.89. The summed E-state index contributed by atoms with van der Waals surface area (Å²) in [6.07, 6.45) is 0.182. The number of ether oxygens (including phenoxy) is 3. The number of nitrogens with one attached hydrogen (secondary N) is 2. The van der Waals surface area contributed by atoms with Crippen LogP contribution in [0.3, 0.4) is 0 Å². The second kappa shape index (κ2) is 11.8. The van der Waals surface area contributed by atoms with E-state index in [4.69, 9.17) is 14.2 Å². The minimum Gasteiger partial charge on any atom is -0.492 e. The Kier molecular flexibility index (Phi) is 9.56. The van der Waals surface area contributed by atoms with Crippen molar-refractivity contribution in [1.29, 1.82) is 0 Å². The summed E-state index contributed by atoms with van der Waals surface area (Å²) in [4.78, 5) is 22.8. The third-order valence-electron chi connectivity index (χ3n) is 2.89. The maximum Gasteiger partial charge on any atom is 0.308 e. The van der Waals surface area contributed by atoms with Crippen molar-refractivity contribution in [2.75, 3.05) is 44.1 Å².